The Balaban J connectivity index is 0.000000587. The summed E-state index contributed by atoms with van der Waals surface area (Å²) in [5.74, 6) is -6.45. The van der Waals surface area contributed by atoms with Gasteiger partial charge in [0.1, 0.15) is 30.0 Å². The van der Waals surface area contributed by atoms with Crippen molar-refractivity contribution in [3.63, 3.8) is 0 Å². The molecule has 1 fully saturated rings. The zero-order chi connectivity index (χ0) is 40.1. The van der Waals surface area contributed by atoms with Crippen molar-refractivity contribution in [2.75, 3.05) is 32.0 Å². The highest BCUT2D eigenvalue weighted by molar-refractivity contribution is 6.33. The Morgan fingerprint density at radius 1 is 0.943 bits per heavy atom. The molecular formula is C32H33F6N5O10. The minimum Gasteiger partial charge on any atom is -0.491 e. The first-order chi connectivity index (χ1) is 24.6. The molecule has 3 aromatic rings. The van der Waals surface area contributed by atoms with E-state index in [0.29, 0.717) is 39.2 Å². The number of carbonyl (C=O) groups is 5. The molecule has 1 aromatic heterocycles. The van der Waals surface area contributed by atoms with Crippen LogP contribution in [0.2, 0.25) is 0 Å². The van der Waals surface area contributed by atoms with Gasteiger partial charge in [0, 0.05) is 55.1 Å². The number of amides is 1. The van der Waals surface area contributed by atoms with Crippen molar-refractivity contribution >= 4 is 52.0 Å². The molecule has 1 amide bonds. The number of Topliss-reactive ketones (excluding diaryl/α,β-unsaturated/α-hetero) is 1. The molecule has 288 valence electrons. The SMILES string of the molecule is CC(=N)N1CCC(Oc2ccc(C(=O)NCCOc3cc4c(N)nccc4cc3CC(=O)C(=O)O)cc2)CC1.O=C(O)C(F)(F)F.O=C(O)C(F)(F)F. The number of ketones is 1. The maximum absolute atomic E-state index is 12.6. The number of carboxylic acids is 3. The fourth-order valence-electron chi connectivity index (χ4n) is 4.41. The summed E-state index contributed by atoms with van der Waals surface area (Å²) < 4.78 is 75.3. The number of carbonyl (C=O) groups excluding carboxylic acids is 2. The number of benzene rings is 2. The number of hydrogen-bond acceptors (Lipinski definition) is 10. The Morgan fingerprint density at radius 2 is 1.49 bits per heavy atom. The van der Waals surface area contributed by atoms with Crippen LogP contribution < -0.4 is 20.5 Å². The van der Waals surface area contributed by atoms with Gasteiger partial charge in [0.25, 0.3) is 5.91 Å². The number of ether oxygens (including phenoxy) is 2. The first-order valence-electron chi connectivity index (χ1n) is 15.1. The van der Waals surface area contributed by atoms with Crippen molar-refractivity contribution in [1.82, 2.24) is 15.2 Å². The zero-order valence-corrected chi connectivity index (χ0v) is 27.6. The Bertz CT molecular complexity index is 1770. The molecule has 7 N–H and O–H groups in total. The molecule has 1 aliphatic heterocycles. The van der Waals surface area contributed by atoms with Crippen LogP contribution in [0.25, 0.3) is 10.8 Å². The van der Waals surface area contributed by atoms with Crippen LogP contribution in [0.4, 0.5) is 32.2 Å². The summed E-state index contributed by atoms with van der Waals surface area (Å²) >= 11 is 0. The molecule has 0 unspecified atom stereocenters. The molecule has 15 nitrogen and oxygen atoms in total. The smallest absolute Gasteiger partial charge is 0.490 e. The van der Waals surface area contributed by atoms with Crippen LogP contribution in [0.5, 0.6) is 11.5 Å². The van der Waals surface area contributed by atoms with Crippen LogP contribution >= 0.6 is 0 Å². The second-order valence-electron chi connectivity index (χ2n) is 10.9. The third kappa shape index (κ3) is 14.2. The lowest BCUT2D eigenvalue weighted by Crippen LogP contribution is -2.40. The maximum atomic E-state index is 12.6. The molecule has 0 aliphatic carbocycles. The molecule has 53 heavy (non-hydrogen) atoms. The van der Waals surface area contributed by atoms with E-state index in [1.807, 2.05) is 4.90 Å². The molecular weight excluding hydrogens is 728 g/mol. The number of alkyl halides is 6. The van der Waals surface area contributed by atoms with Gasteiger partial charge in [-0.15, -0.1) is 0 Å². The van der Waals surface area contributed by atoms with E-state index >= 15 is 0 Å². The molecule has 1 saturated heterocycles. The number of halogens is 6. The molecule has 0 bridgehead atoms. The third-order valence-corrected chi connectivity index (χ3v) is 7.03. The van der Waals surface area contributed by atoms with Crippen LogP contribution in [-0.4, -0.2) is 105 Å². The fraction of sp³-hybridized carbons (Fsp3) is 0.344. The number of nitrogens with zero attached hydrogens (tertiary/aromatic N) is 2. The summed E-state index contributed by atoms with van der Waals surface area (Å²) in [6.45, 7) is 3.64. The van der Waals surface area contributed by atoms with Crippen LogP contribution in [0.3, 0.4) is 0 Å². The minimum atomic E-state index is -5.08. The summed E-state index contributed by atoms with van der Waals surface area (Å²) in [5, 5.41) is 35.1. The monoisotopic (exact) mass is 761 g/mol. The van der Waals surface area contributed by atoms with Crippen molar-refractivity contribution in [2.24, 2.45) is 0 Å². The lowest BCUT2D eigenvalue weighted by atomic mass is 10.0. The molecule has 0 atom stereocenters. The normalized spacial score (nSPS) is 13.0. The Morgan fingerprint density at radius 3 is 1.98 bits per heavy atom. The van der Waals surface area contributed by atoms with Crippen LogP contribution in [0.1, 0.15) is 35.7 Å². The summed E-state index contributed by atoms with van der Waals surface area (Å²) in [5.41, 5.74) is 6.83. The number of anilines is 1. The van der Waals surface area contributed by atoms with E-state index in [4.69, 9.17) is 45.5 Å². The van der Waals surface area contributed by atoms with Crippen LogP contribution in [-0.2, 0) is 25.6 Å². The second kappa shape index (κ2) is 18.9. The number of aliphatic carboxylic acids is 3. The highest BCUT2D eigenvalue weighted by Gasteiger charge is 2.39. The highest BCUT2D eigenvalue weighted by atomic mass is 19.4. The number of amidine groups is 1. The molecule has 0 radical (unpaired) electrons. The summed E-state index contributed by atoms with van der Waals surface area (Å²) in [7, 11) is 0. The van der Waals surface area contributed by atoms with Gasteiger partial charge >= 0.3 is 30.3 Å². The molecule has 2 aromatic carbocycles. The van der Waals surface area contributed by atoms with Gasteiger partial charge in [0.05, 0.1) is 12.4 Å². The Kier molecular flexibility index (Phi) is 15.3. The topological polar surface area (TPSA) is 243 Å². The van der Waals surface area contributed by atoms with E-state index in [9.17, 15) is 40.7 Å². The molecule has 0 spiro atoms. The molecule has 21 heteroatoms. The largest absolute Gasteiger partial charge is 0.491 e. The number of pyridine rings is 1. The summed E-state index contributed by atoms with van der Waals surface area (Å²) in [4.78, 5) is 59.4. The van der Waals surface area contributed by atoms with Gasteiger partial charge in [0.2, 0.25) is 5.78 Å². The third-order valence-electron chi connectivity index (χ3n) is 7.03. The van der Waals surface area contributed by atoms with E-state index < -0.39 is 36.0 Å². The predicted molar refractivity (Wildman–Crippen MR) is 173 cm³/mol. The number of nitrogens with two attached hydrogens (primary N) is 1. The average molecular weight is 762 g/mol. The fourth-order valence-corrected chi connectivity index (χ4v) is 4.41. The number of aromatic nitrogens is 1. The van der Waals surface area contributed by atoms with Crippen molar-refractivity contribution in [3.05, 3.63) is 59.8 Å². The Hall–Kier alpha value is -6.15. The number of carboxylic acid groups (broad SMARTS) is 3. The minimum absolute atomic E-state index is 0.0781. The van der Waals surface area contributed by atoms with Crippen molar-refractivity contribution in [3.8, 4) is 11.5 Å². The van der Waals surface area contributed by atoms with E-state index in [-0.39, 0.29) is 37.4 Å². The quantitative estimate of drug-likeness (QED) is 0.0565. The summed E-state index contributed by atoms with van der Waals surface area (Å²) in [6, 6.07) is 11.9. The van der Waals surface area contributed by atoms with E-state index in [1.54, 1.807) is 49.4 Å². The molecule has 0 saturated carbocycles. The van der Waals surface area contributed by atoms with Crippen LogP contribution in [0, 0.1) is 5.41 Å². The lowest BCUT2D eigenvalue weighted by molar-refractivity contribution is -0.193. The zero-order valence-electron chi connectivity index (χ0n) is 27.6. The number of likely N-dealkylation sites (tertiary alicyclic amines) is 1. The molecule has 4 rings (SSSR count). The van der Waals surface area contributed by atoms with Gasteiger partial charge in [0.15, 0.2) is 0 Å². The maximum Gasteiger partial charge on any atom is 0.490 e. The van der Waals surface area contributed by atoms with Gasteiger partial charge < -0.3 is 40.7 Å². The number of hydrogen-bond donors (Lipinski definition) is 6. The Labute approximate surface area is 295 Å². The van der Waals surface area contributed by atoms with Crippen molar-refractivity contribution in [1.29, 1.82) is 5.41 Å². The molecule has 2 heterocycles. The summed E-state index contributed by atoms with van der Waals surface area (Å²) in [6.07, 6.45) is -7.23. The number of piperidine rings is 1. The number of nitrogen functional groups attached to an aromatic ring is 1. The van der Waals surface area contributed by atoms with Crippen molar-refractivity contribution < 1.29 is 75.1 Å². The van der Waals surface area contributed by atoms with Gasteiger partial charge in [-0.05, 0) is 54.8 Å². The van der Waals surface area contributed by atoms with Gasteiger partial charge in [-0.3, -0.25) is 15.0 Å². The van der Waals surface area contributed by atoms with Crippen molar-refractivity contribution in [2.45, 2.75) is 44.6 Å². The van der Waals surface area contributed by atoms with Gasteiger partial charge in [-0.2, -0.15) is 26.3 Å². The van der Waals surface area contributed by atoms with E-state index in [1.165, 1.54) is 6.20 Å². The molecule has 1 aliphatic rings. The first kappa shape index (κ1) is 43.0. The lowest BCUT2D eigenvalue weighted by Gasteiger charge is -2.32. The highest BCUT2D eigenvalue weighted by Crippen LogP contribution is 2.29. The standard InChI is InChI=1S/C28H31N5O6.2C2HF3O2/c1-17(29)33-11-7-22(8-12-33)39-21-4-2-18(3-5-21)27(35)32-10-13-38-25-16-23-19(6-9-31-26(23)30)14-20(25)15-24(34)28(36)37;2*3-2(4,5)1(6)7/h2-6,9,14,16,22,29H,7-8,10-13,15H2,1H3,(H2,30,31)(H,32,35)(H,36,37);2*(H,6,7). The van der Waals surface area contributed by atoms with E-state index in [0.717, 1.165) is 25.9 Å². The number of rotatable bonds is 10. The van der Waals surface area contributed by atoms with E-state index in [2.05, 4.69) is 10.3 Å². The number of fused-ring (bicyclic) bond motifs is 1. The second-order valence-corrected chi connectivity index (χ2v) is 10.9. The van der Waals surface area contributed by atoms with Crippen LogP contribution in [0.15, 0.2) is 48.7 Å². The number of nitrogens with one attached hydrogen (secondary N) is 2. The predicted octanol–water partition coefficient (Wildman–Crippen LogP) is 3.93. The van der Waals surface area contributed by atoms with Gasteiger partial charge in [-0.25, -0.2) is 19.4 Å². The van der Waals surface area contributed by atoms with Gasteiger partial charge in [-0.1, -0.05) is 0 Å². The first-order valence-corrected chi connectivity index (χ1v) is 15.1. The average Bonchev–Trinajstić information content (AvgIpc) is 3.07.